The van der Waals surface area contributed by atoms with E-state index in [4.69, 9.17) is 11.6 Å². The molecule has 1 unspecified atom stereocenters. The number of Topliss-reactive ketones (excluding diaryl/α,β-unsaturated/α-hetero) is 1. The van der Waals surface area contributed by atoms with Gasteiger partial charge in [-0.3, -0.25) is 4.79 Å². The number of hydrogen-bond donors (Lipinski definition) is 1. The van der Waals surface area contributed by atoms with Crippen molar-refractivity contribution in [2.24, 2.45) is 0 Å². The number of sulfone groups is 1. The van der Waals surface area contributed by atoms with Gasteiger partial charge >= 0.3 is 0 Å². The van der Waals surface area contributed by atoms with Crippen molar-refractivity contribution >= 4 is 38.3 Å². The predicted octanol–water partition coefficient (Wildman–Crippen LogP) is 3.26. The van der Waals surface area contributed by atoms with E-state index in [0.717, 1.165) is 0 Å². The summed E-state index contributed by atoms with van der Waals surface area (Å²) in [6.07, 6.45) is -0.303. The van der Waals surface area contributed by atoms with Crippen LogP contribution in [-0.4, -0.2) is 29.9 Å². The zero-order chi connectivity index (χ0) is 18.7. The van der Waals surface area contributed by atoms with Crippen LogP contribution in [0.2, 0.25) is 5.02 Å². The first-order valence-corrected chi connectivity index (χ1v) is 9.79. The molecule has 0 saturated carbocycles. The minimum Gasteiger partial charge on any atom is -0.340 e. The number of H-pyrrole nitrogens is 1. The topological polar surface area (TPSA) is 104 Å². The van der Waals surface area contributed by atoms with Gasteiger partial charge in [-0.15, -0.1) is 0 Å². The van der Waals surface area contributed by atoms with Crippen molar-refractivity contribution in [3.05, 3.63) is 59.4 Å². The number of nitrogens with one attached hydrogen (secondary N) is 1. The third-order valence-corrected chi connectivity index (χ3v) is 6.13. The Morgan fingerprint density at radius 1 is 1.19 bits per heavy atom. The van der Waals surface area contributed by atoms with E-state index in [1.165, 1.54) is 12.1 Å². The number of nitrogens with zero attached hydrogens (tertiary/aromatic N) is 2. The van der Waals surface area contributed by atoms with Crippen LogP contribution in [-0.2, 0) is 14.6 Å². The Hall–Kier alpha value is -2.69. The summed E-state index contributed by atoms with van der Waals surface area (Å²) < 4.78 is 24.8. The number of aromatic amines is 1. The molecule has 1 N–H and O–H groups in total. The summed E-state index contributed by atoms with van der Waals surface area (Å²) in [6, 6.07) is 15.1. The average molecular weight is 388 g/mol. The molecule has 1 atom stereocenters. The van der Waals surface area contributed by atoms with E-state index in [-0.39, 0.29) is 22.2 Å². The number of nitriles is 1. The summed E-state index contributed by atoms with van der Waals surface area (Å²) in [5, 5.41) is 9.47. The Morgan fingerprint density at radius 3 is 2.58 bits per heavy atom. The maximum Gasteiger partial charge on any atom is 0.180 e. The second kappa shape index (κ2) is 7.28. The van der Waals surface area contributed by atoms with Crippen LogP contribution < -0.4 is 0 Å². The summed E-state index contributed by atoms with van der Waals surface area (Å²) in [5.74, 6) is -1.87. The van der Waals surface area contributed by atoms with Gasteiger partial charge in [-0.1, -0.05) is 35.9 Å². The quantitative estimate of drug-likeness (QED) is 0.699. The SMILES string of the molecule is N#CC(C(=O)CCS(=O)(=O)c1ccccc1Cl)c1nc2ccccc2[nH]1. The van der Waals surface area contributed by atoms with Crippen LogP contribution in [0, 0.1) is 11.3 Å². The molecule has 3 rings (SSSR count). The summed E-state index contributed by atoms with van der Waals surface area (Å²) in [6.45, 7) is 0. The van der Waals surface area contributed by atoms with Crippen molar-refractivity contribution in [3.8, 4) is 6.07 Å². The van der Waals surface area contributed by atoms with E-state index in [9.17, 15) is 18.5 Å². The molecule has 26 heavy (non-hydrogen) atoms. The number of fused-ring (bicyclic) bond motifs is 1. The highest BCUT2D eigenvalue weighted by Gasteiger charge is 2.26. The lowest BCUT2D eigenvalue weighted by Crippen LogP contribution is -2.17. The van der Waals surface area contributed by atoms with Crippen molar-refractivity contribution in [1.29, 1.82) is 5.26 Å². The molecular formula is C18H14ClN3O3S. The molecule has 132 valence electrons. The molecule has 0 amide bonds. The number of carbonyl (C=O) groups excluding carboxylic acids is 1. The number of rotatable bonds is 6. The van der Waals surface area contributed by atoms with Crippen molar-refractivity contribution < 1.29 is 13.2 Å². The number of hydrogen-bond acceptors (Lipinski definition) is 5. The average Bonchev–Trinajstić information content (AvgIpc) is 3.04. The Morgan fingerprint density at radius 2 is 1.88 bits per heavy atom. The number of halogens is 1. The van der Waals surface area contributed by atoms with Crippen LogP contribution in [0.1, 0.15) is 18.2 Å². The molecule has 3 aromatic rings. The van der Waals surface area contributed by atoms with Crippen LogP contribution in [0.4, 0.5) is 0 Å². The maximum atomic E-state index is 12.4. The summed E-state index contributed by atoms with van der Waals surface area (Å²) in [7, 11) is -3.73. The van der Waals surface area contributed by atoms with Gasteiger partial charge in [0, 0.05) is 6.42 Å². The first-order chi connectivity index (χ1) is 12.4. The van der Waals surface area contributed by atoms with E-state index in [2.05, 4.69) is 9.97 Å². The second-order valence-electron chi connectivity index (χ2n) is 5.67. The number of ketones is 1. The molecular weight excluding hydrogens is 374 g/mol. The zero-order valence-corrected chi connectivity index (χ0v) is 15.1. The van der Waals surface area contributed by atoms with Gasteiger partial charge in [-0.25, -0.2) is 13.4 Å². The lowest BCUT2D eigenvalue weighted by molar-refractivity contribution is -0.119. The molecule has 1 heterocycles. The summed E-state index contributed by atoms with van der Waals surface area (Å²) >= 11 is 5.92. The van der Waals surface area contributed by atoms with Gasteiger partial charge in [-0.2, -0.15) is 5.26 Å². The number of para-hydroxylation sites is 2. The standard InChI is InChI=1S/C18H14ClN3O3S/c19-13-5-1-4-8-17(13)26(24,25)10-9-16(23)12(11-20)18-21-14-6-2-3-7-15(14)22-18/h1-8,12H,9-10H2,(H,21,22). The van der Waals surface area contributed by atoms with Crippen LogP contribution in [0.15, 0.2) is 53.4 Å². The fourth-order valence-corrected chi connectivity index (χ4v) is 4.41. The van der Waals surface area contributed by atoms with E-state index in [1.807, 2.05) is 12.1 Å². The molecule has 6 nitrogen and oxygen atoms in total. The number of imidazole rings is 1. The van der Waals surface area contributed by atoms with Gasteiger partial charge in [0.05, 0.1) is 32.8 Å². The third kappa shape index (κ3) is 3.62. The molecule has 0 bridgehead atoms. The molecule has 0 aliphatic carbocycles. The zero-order valence-electron chi connectivity index (χ0n) is 13.5. The summed E-state index contributed by atoms with van der Waals surface area (Å²) in [5.41, 5.74) is 1.35. The molecule has 1 aromatic heterocycles. The predicted molar refractivity (Wildman–Crippen MR) is 97.6 cm³/mol. The highest BCUT2D eigenvalue weighted by Crippen LogP contribution is 2.24. The van der Waals surface area contributed by atoms with Crippen molar-refractivity contribution in [1.82, 2.24) is 9.97 Å². The highest BCUT2D eigenvalue weighted by molar-refractivity contribution is 7.91. The smallest absolute Gasteiger partial charge is 0.180 e. The van der Waals surface area contributed by atoms with E-state index in [1.54, 1.807) is 30.3 Å². The van der Waals surface area contributed by atoms with Crippen LogP contribution in [0.25, 0.3) is 11.0 Å². The van der Waals surface area contributed by atoms with E-state index in [0.29, 0.717) is 11.0 Å². The number of aromatic nitrogens is 2. The van der Waals surface area contributed by atoms with E-state index >= 15 is 0 Å². The lowest BCUT2D eigenvalue weighted by atomic mass is 10.0. The lowest BCUT2D eigenvalue weighted by Gasteiger charge is -2.08. The Balaban J connectivity index is 1.78. The summed E-state index contributed by atoms with van der Waals surface area (Å²) in [4.78, 5) is 19.6. The van der Waals surface area contributed by atoms with Gasteiger partial charge < -0.3 is 4.98 Å². The molecule has 0 aliphatic heterocycles. The Bertz CT molecular complexity index is 1080. The van der Waals surface area contributed by atoms with E-state index < -0.39 is 27.3 Å². The van der Waals surface area contributed by atoms with Crippen LogP contribution >= 0.6 is 11.6 Å². The number of benzene rings is 2. The van der Waals surface area contributed by atoms with Gasteiger partial charge in [0.25, 0.3) is 0 Å². The molecule has 0 fully saturated rings. The second-order valence-corrected chi connectivity index (χ2v) is 8.15. The van der Waals surface area contributed by atoms with Crippen molar-refractivity contribution in [2.75, 3.05) is 5.75 Å². The molecule has 8 heteroatoms. The van der Waals surface area contributed by atoms with Gasteiger partial charge in [0.15, 0.2) is 21.5 Å². The first kappa shape index (κ1) is 18.1. The van der Waals surface area contributed by atoms with Gasteiger partial charge in [0.1, 0.15) is 5.82 Å². The molecule has 0 aliphatic rings. The molecule has 2 aromatic carbocycles. The Kier molecular flexibility index (Phi) is 5.07. The normalized spacial score (nSPS) is 12.6. The van der Waals surface area contributed by atoms with Crippen LogP contribution in [0.5, 0.6) is 0 Å². The van der Waals surface area contributed by atoms with Gasteiger partial charge in [-0.05, 0) is 24.3 Å². The molecule has 0 spiro atoms. The highest BCUT2D eigenvalue weighted by atomic mass is 35.5. The Labute approximate surface area is 155 Å². The third-order valence-electron chi connectivity index (χ3n) is 3.92. The molecule has 0 radical (unpaired) electrons. The largest absolute Gasteiger partial charge is 0.340 e. The first-order valence-electron chi connectivity index (χ1n) is 7.76. The van der Waals surface area contributed by atoms with Crippen molar-refractivity contribution in [2.45, 2.75) is 17.2 Å². The monoisotopic (exact) mass is 387 g/mol. The van der Waals surface area contributed by atoms with Gasteiger partial charge in [0.2, 0.25) is 0 Å². The maximum absolute atomic E-state index is 12.4. The number of carbonyl (C=O) groups is 1. The fourth-order valence-electron chi connectivity index (χ4n) is 2.58. The minimum absolute atomic E-state index is 0.0216. The van der Waals surface area contributed by atoms with Crippen LogP contribution in [0.3, 0.4) is 0 Å². The fraction of sp³-hybridized carbons (Fsp3) is 0.167. The molecule has 0 saturated heterocycles. The van der Waals surface area contributed by atoms with Crippen molar-refractivity contribution in [3.63, 3.8) is 0 Å². The minimum atomic E-state index is -3.73.